The summed E-state index contributed by atoms with van der Waals surface area (Å²) in [4.78, 5) is 7.96. The van der Waals surface area contributed by atoms with Crippen LogP contribution in [0.4, 0.5) is 11.4 Å². The molecule has 3 aliphatic rings. The average molecular weight is 434 g/mol. The van der Waals surface area contributed by atoms with Gasteiger partial charge in [-0.15, -0.1) is 12.4 Å². The van der Waals surface area contributed by atoms with Crippen molar-refractivity contribution in [3.63, 3.8) is 0 Å². The van der Waals surface area contributed by atoms with Crippen LogP contribution in [0, 0.1) is 11.3 Å². The number of hydrogen-bond acceptors (Lipinski definition) is 3. The predicted molar refractivity (Wildman–Crippen MR) is 134 cm³/mol. The second-order valence-electron chi connectivity index (χ2n) is 11.1. The molecule has 0 atom stereocenters. The fourth-order valence-corrected chi connectivity index (χ4v) is 5.73. The lowest BCUT2D eigenvalue weighted by Crippen LogP contribution is -2.47. The Morgan fingerprint density at radius 1 is 0.900 bits per heavy atom. The zero-order chi connectivity index (χ0) is 20.4. The number of piperazine rings is 1. The highest BCUT2D eigenvalue weighted by Crippen LogP contribution is 2.45. The van der Waals surface area contributed by atoms with Gasteiger partial charge in [0.1, 0.15) is 0 Å². The molecule has 0 aromatic heterocycles. The molecule has 0 N–H and O–H groups in total. The molecule has 2 heterocycles. The van der Waals surface area contributed by atoms with Crippen LogP contribution >= 0.6 is 12.4 Å². The first kappa shape index (κ1) is 23.7. The van der Waals surface area contributed by atoms with E-state index in [4.69, 9.17) is 0 Å². The van der Waals surface area contributed by atoms with Crippen LogP contribution in [0.3, 0.4) is 0 Å². The molecule has 30 heavy (non-hydrogen) atoms. The van der Waals surface area contributed by atoms with Crippen LogP contribution in [0.15, 0.2) is 18.2 Å². The fourth-order valence-electron chi connectivity index (χ4n) is 5.73. The van der Waals surface area contributed by atoms with Gasteiger partial charge in [-0.2, -0.15) is 0 Å². The highest BCUT2D eigenvalue weighted by atomic mass is 35.5. The molecule has 0 bridgehead atoms. The molecule has 1 saturated carbocycles. The molecule has 1 aliphatic carbocycles. The number of hydrogen-bond donors (Lipinski definition) is 0. The fraction of sp³-hybridized carbons (Fsp3) is 0.769. The van der Waals surface area contributed by atoms with Gasteiger partial charge in [0, 0.05) is 57.2 Å². The second kappa shape index (κ2) is 10.1. The van der Waals surface area contributed by atoms with Crippen molar-refractivity contribution in [2.45, 2.75) is 72.1 Å². The predicted octanol–water partition coefficient (Wildman–Crippen LogP) is 6.17. The third-order valence-corrected chi connectivity index (χ3v) is 7.60. The molecular weight excluding hydrogens is 390 g/mol. The largest absolute Gasteiger partial charge is 0.372 e. The Labute approximate surface area is 191 Å². The maximum Gasteiger partial charge on any atom is 0.0404 e. The minimum atomic E-state index is 0. The van der Waals surface area contributed by atoms with E-state index in [0.29, 0.717) is 5.41 Å². The van der Waals surface area contributed by atoms with Crippen LogP contribution in [0.5, 0.6) is 0 Å². The summed E-state index contributed by atoms with van der Waals surface area (Å²) in [5, 5.41) is 0. The molecule has 1 aromatic rings. The van der Waals surface area contributed by atoms with Crippen LogP contribution in [0.2, 0.25) is 0 Å². The first-order valence-electron chi connectivity index (χ1n) is 12.3. The third kappa shape index (κ3) is 5.65. The van der Waals surface area contributed by atoms with Crippen LogP contribution in [-0.4, -0.2) is 50.7 Å². The molecule has 0 amide bonds. The van der Waals surface area contributed by atoms with Gasteiger partial charge in [0.25, 0.3) is 0 Å². The SMILES string of the molecule is CC(C)CN1CCN(c2ccc(N3CCCC3)cc2C2CCC(C)(C)CC2)CC1.Cl. The van der Waals surface area contributed by atoms with Crippen molar-refractivity contribution in [1.82, 2.24) is 4.90 Å². The van der Waals surface area contributed by atoms with Gasteiger partial charge in [-0.1, -0.05) is 27.7 Å². The summed E-state index contributed by atoms with van der Waals surface area (Å²) < 4.78 is 0. The topological polar surface area (TPSA) is 9.72 Å². The zero-order valence-corrected chi connectivity index (χ0v) is 20.6. The van der Waals surface area contributed by atoms with Gasteiger partial charge in [0.05, 0.1) is 0 Å². The molecule has 0 spiro atoms. The smallest absolute Gasteiger partial charge is 0.0404 e. The van der Waals surface area contributed by atoms with Crippen LogP contribution in [-0.2, 0) is 0 Å². The number of halogens is 1. The molecular formula is C26H44ClN3. The summed E-state index contributed by atoms with van der Waals surface area (Å²) in [6, 6.07) is 7.47. The minimum Gasteiger partial charge on any atom is -0.372 e. The van der Waals surface area contributed by atoms with Gasteiger partial charge >= 0.3 is 0 Å². The van der Waals surface area contributed by atoms with Crippen molar-refractivity contribution in [2.24, 2.45) is 11.3 Å². The summed E-state index contributed by atoms with van der Waals surface area (Å²) in [7, 11) is 0. The number of anilines is 2. The minimum absolute atomic E-state index is 0. The van der Waals surface area contributed by atoms with Crippen molar-refractivity contribution in [3.8, 4) is 0 Å². The monoisotopic (exact) mass is 433 g/mol. The summed E-state index contributed by atoms with van der Waals surface area (Å²) in [6.07, 6.45) is 8.16. The summed E-state index contributed by atoms with van der Waals surface area (Å²) in [5.74, 6) is 1.51. The first-order chi connectivity index (χ1) is 13.9. The lowest BCUT2D eigenvalue weighted by Gasteiger charge is -2.40. The average Bonchev–Trinajstić information content (AvgIpc) is 3.23. The van der Waals surface area contributed by atoms with E-state index in [1.807, 2.05) is 0 Å². The highest BCUT2D eigenvalue weighted by Gasteiger charge is 2.31. The maximum absolute atomic E-state index is 2.69. The van der Waals surface area contributed by atoms with Gasteiger partial charge < -0.3 is 9.80 Å². The standard InChI is InChI=1S/C26H43N3.ClH/c1-21(2)20-27-15-17-29(18-16-27)25-8-7-23(28-13-5-6-14-28)19-24(25)22-9-11-26(3,4)12-10-22;/h7-8,19,21-22H,5-6,9-18,20H2,1-4H3;1H. The number of benzene rings is 1. The van der Waals surface area contributed by atoms with E-state index in [1.165, 1.54) is 90.0 Å². The molecule has 3 fully saturated rings. The Morgan fingerprint density at radius 3 is 2.13 bits per heavy atom. The van der Waals surface area contributed by atoms with E-state index >= 15 is 0 Å². The highest BCUT2D eigenvalue weighted by molar-refractivity contribution is 5.85. The van der Waals surface area contributed by atoms with Gasteiger partial charge in [0.15, 0.2) is 0 Å². The summed E-state index contributed by atoms with van der Waals surface area (Å²) >= 11 is 0. The van der Waals surface area contributed by atoms with Crippen LogP contribution in [0.25, 0.3) is 0 Å². The van der Waals surface area contributed by atoms with Gasteiger partial charge in [-0.05, 0) is 79.5 Å². The summed E-state index contributed by atoms with van der Waals surface area (Å²) in [5.41, 5.74) is 5.21. The molecule has 170 valence electrons. The third-order valence-electron chi connectivity index (χ3n) is 7.60. The normalized spacial score (nSPS) is 23.1. The second-order valence-corrected chi connectivity index (χ2v) is 11.1. The van der Waals surface area contributed by atoms with Gasteiger partial charge in [-0.25, -0.2) is 0 Å². The van der Waals surface area contributed by atoms with Crippen molar-refractivity contribution in [2.75, 3.05) is 55.6 Å². The molecule has 2 aliphatic heterocycles. The zero-order valence-electron chi connectivity index (χ0n) is 19.8. The van der Waals surface area contributed by atoms with Crippen molar-refractivity contribution >= 4 is 23.8 Å². The Morgan fingerprint density at radius 2 is 1.53 bits per heavy atom. The van der Waals surface area contributed by atoms with Crippen LogP contribution in [0.1, 0.15) is 77.7 Å². The number of rotatable bonds is 5. The van der Waals surface area contributed by atoms with Gasteiger partial charge in [-0.3, -0.25) is 4.90 Å². The molecule has 3 nitrogen and oxygen atoms in total. The van der Waals surface area contributed by atoms with E-state index < -0.39 is 0 Å². The molecule has 1 aromatic carbocycles. The van der Waals surface area contributed by atoms with E-state index in [-0.39, 0.29) is 12.4 Å². The number of nitrogens with zero attached hydrogens (tertiary/aromatic N) is 3. The summed E-state index contributed by atoms with van der Waals surface area (Å²) in [6.45, 7) is 18.1. The molecule has 0 radical (unpaired) electrons. The Balaban J connectivity index is 0.00000256. The van der Waals surface area contributed by atoms with E-state index in [0.717, 1.165) is 11.8 Å². The molecule has 4 heteroatoms. The molecule has 2 saturated heterocycles. The van der Waals surface area contributed by atoms with Gasteiger partial charge in [0.2, 0.25) is 0 Å². The maximum atomic E-state index is 2.69. The lowest BCUT2D eigenvalue weighted by atomic mass is 9.71. The Bertz CT molecular complexity index is 663. The van der Waals surface area contributed by atoms with Crippen molar-refractivity contribution in [3.05, 3.63) is 23.8 Å². The Kier molecular flexibility index (Phi) is 8.01. The first-order valence-corrected chi connectivity index (χ1v) is 12.3. The lowest BCUT2D eigenvalue weighted by molar-refractivity contribution is 0.222. The van der Waals surface area contributed by atoms with E-state index in [9.17, 15) is 0 Å². The quantitative estimate of drug-likeness (QED) is 0.549. The Hall–Kier alpha value is -0.930. The van der Waals surface area contributed by atoms with Crippen LogP contribution < -0.4 is 9.80 Å². The van der Waals surface area contributed by atoms with E-state index in [1.54, 1.807) is 11.3 Å². The van der Waals surface area contributed by atoms with Crippen molar-refractivity contribution in [1.29, 1.82) is 0 Å². The van der Waals surface area contributed by atoms with E-state index in [2.05, 4.69) is 60.6 Å². The molecule has 0 unspecified atom stereocenters. The van der Waals surface area contributed by atoms with Crippen molar-refractivity contribution < 1.29 is 0 Å². The molecule has 4 rings (SSSR count).